The smallest absolute Gasteiger partial charge is 0.250 e. The van der Waals surface area contributed by atoms with E-state index in [9.17, 15) is 13.2 Å². The van der Waals surface area contributed by atoms with Crippen LogP contribution in [0.3, 0.4) is 0 Å². The van der Waals surface area contributed by atoms with E-state index in [1.54, 1.807) is 24.3 Å². The van der Waals surface area contributed by atoms with Gasteiger partial charge in [-0.15, -0.1) is 10.2 Å². The Bertz CT molecular complexity index is 1140. The number of halogens is 1. The predicted molar refractivity (Wildman–Crippen MR) is 105 cm³/mol. The Morgan fingerprint density at radius 2 is 2.00 bits per heavy atom. The molecule has 0 fully saturated rings. The molecule has 1 amide bonds. The van der Waals surface area contributed by atoms with Crippen molar-refractivity contribution in [3.05, 3.63) is 41.2 Å². The number of amides is 1. The summed E-state index contributed by atoms with van der Waals surface area (Å²) in [5.41, 5.74) is 5.88. The number of pyridine rings is 2. The molecule has 148 valence electrons. The summed E-state index contributed by atoms with van der Waals surface area (Å²) in [5.74, 6) is -0.634. The average molecular weight is 441 g/mol. The predicted octanol–water partition coefficient (Wildman–Crippen LogP) is 2.06. The highest BCUT2D eigenvalue weighted by Crippen LogP contribution is 2.31. The zero-order chi connectivity index (χ0) is 20.5. The van der Waals surface area contributed by atoms with E-state index < -0.39 is 15.9 Å². The van der Waals surface area contributed by atoms with Crippen LogP contribution in [-0.4, -0.2) is 51.3 Å². The Labute approximate surface area is 171 Å². The van der Waals surface area contributed by atoms with Crippen LogP contribution in [0.25, 0.3) is 5.65 Å². The van der Waals surface area contributed by atoms with Crippen molar-refractivity contribution in [3.63, 3.8) is 0 Å². The van der Waals surface area contributed by atoms with E-state index in [-0.39, 0.29) is 15.5 Å². The summed E-state index contributed by atoms with van der Waals surface area (Å²) in [6.07, 6.45) is 2.78. The van der Waals surface area contributed by atoms with Crippen LogP contribution in [0.4, 0.5) is 0 Å². The normalized spacial score (nSPS) is 12.0. The Morgan fingerprint density at radius 3 is 2.61 bits per heavy atom. The van der Waals surface area contributed by atoms with Crippen molar-refractivity contribution in [2.75, 3.05) is 13.1 Å². The fraction of sp³-hybridized carbons (Fsp3) is 0.250. The molecular formula is C16H17ClN6O3S2. The highest BCUT2D eigenvalue weighted by atomic mass is 35.5. The first-order valence-electron chi connectivity index (χ1n) is 8.26. The zero-order valence-electron chi connectivity index (χ0n) is 15.0. The highest BCUT2D eigenvalue weighted by Gasteiger charge is 2.23. The lowest BCUT2D eigenvalue weighted by Crippen LogP contribution is -2.30. The first kappa shape index (κ1) is 20.5. The number of hydrogen-bond donors (Lipinski definition) is 1. The van der Waals surface area contributed by atoms with Crippen LogP contribution in [0.1, 0.15) is 24.2 Å². The third-order valence-corrected chi connectivity index (χ3v) is 7.38. The molecule has 3 rings (SSSR count). The minimum absolute atomic E-state index is 0.133. The molecule has 3 heterocycles. The van der Waals surface area contributed by atoms with Crippen LogP contribution in [-0.2, 0) is 10.0 Å². The Balaban J connectivity index is 2.01. The summed E-state index contributed by atoms with van der Waals surface area (Å²) >= 11 is 7.27. The number of primary amides is 1. The van der Waals surface area contributed by atoms with Gasteiger partial charge in [0.05, 0.1) is 15.5 Å². The van der Waals surface area contributed by atoms with Gasteiger partial charge in [0.25, 0.3) is 0 Å². The third-order valence-electron chi connectivity index (χ3n) is 3.97. The van der Waals surface area contributed by atoms with Gasteiger partial charge in [0.2, 0.25) is 21.1 Å². The molecule has 3 aromatic heterocycles. The molecule has 12 heteroatoms. The Kier molecular flexibility index (Phi) is 5.89. The van der Waals surface area contributed by atoms with Gasteiger partial charge in [-0.05, 0) is 30.0 Å². The molecule has 0 bridgehead atoms. The van der Waals surface area contributed by atoms with Gasteiger partial charge < -0.3 is 5.73 Å². The molecule has 0 saturated heterocycles. The number of rotatable bonds is 7. The van der Waals surface area contributed by atoms with Crippen LogP contribution in [0, 0.1) is 0 Å². The van der Waals surface area contributed by atoms with Gasteiger partial charge in [-0.2, -0.15) is 4.31 Å². The first-order chi connectivity index (χ1) is 13.3. The van der Waals surface area contributed by atoms with Gasteiger partial charge in [-0.3, -0.25) is 9.20 Å². The van der Waals surface area contributed by atoms with Crippen molar-refractivity contribution < 1.29 is 13.2 Å². The van der Waals surface area contributed by atoms with Crippen molar-refractivity contribution in [3.8, 4) is 0 Å². The summed E-state index contributed by atoms with van der Waals surface area (Å²) in [6, 6.07) is 4.50. The number of hydrogen-bond acceptors (Lipinski definition) is 7. The molecule has 0 spiro atoms. The molecule has 0 radical (unpaired) electrons. The molecule has 0 aromatic carbocycles. The fourth-order valence-corrected chi connectivity index (χ4v) is 5.01. The summed E-state index contributed by atoms with van der Waals surface area (Å²) in [5, 5.41) is 9.11. The Hall–Kier alpha value is -2.21. The Morgan fingerprint density at radius 1 is 1.29 bits per heavy atom. The monoisotopic (exact) mass is 440 g/mol. The highest BCUT2D eigenvalue weighted by molar-refractivity contribution is 7.99. The van der Waals surface area contributed by atoms with Crippen LogP contribution in [0.15, 0.2) is 45.7 Å². The average Bonchev–Trinajstić information content (AvgIpc) is 3.06. The van der Waals surface area contributed by atoms with E-state index >= 15 is 0 Å². The minimum atomic E-state index is -3.63. The van der Waals surface area contributed by atoms with Gasteiger partial charge in [0.1, 0.15) is 5.03 Å². The van der Waals surface area contributed by atoms with E-state index in [2.05, 4.69) is 15.2 Å². The number of carbonyl (C=O) groups excluding carboxylic acids is 1. The maximum Gasteiger partial charge on any atom is 0.250 e. The number of aromatic nitrogens is 4. The van der Waals surface area contributed by atoms with Gasteiger partial charge >= 0.3 is 0 Å². The molecule has 9 nitrogen and oxygen atoms in total. The SMILES string of the molecule is CCN(CC)S(=O)(=O)c1ccc2nnc(Sc3ncc(C(N)=O)cc3Cl)n2c1. The second kappa shape index (κ2) is 8.03. The number of nitrogens with zero attached hydrogens (tertiary/aromatic N) is 5. The van der Waals surface area contributed by atoms with Crippen LogP contribution >= 0.6 is 23.4 Å². The largest absolute Gasteiger partial charge is 0.366 e. The lowest BCUT2D eigenvalue weighted by molar-refractivity contribution is 0.1000. The van der Waals surface area contributed by atoms with Crippen LogP contribution < -0.4 is 5.73 Å². The van der Waals surface area contributed by atoms with E-state index in [1.807, 2.05) is 0 Å². The van der Waals surface area contributed by atoms with E-state index in [1.165, 1.54) is 28.8 Å². The number of nitrogens with two attached hydrogens (primary N) is 1. The van der Waals surface area contributed by atoms with E-state index in [4.69, 9.17) is 17.3 Å². The third kappa shape index (κ3) is 3.83. The van der Waals surface area contributed by atoms with Crippen molar-refractivity contribution in [2.24, 2.45) is 5.73 Å². The van der Waals surface area contributed by atoms with E-state index in [0.29, 0.717) is 28.9 Å². The van der Waals surface area contributed by atoms with Gasteiger partial charge in [0, 0.05) is 25.5 Å². The second-order valence-electron chi connectivity index (χ2n) is 5.64. The van der Waals surface area contributed by atoms with Crippen LogP contribution in [0.5, 0.6) is 0 Å². The zero-order valence-corrected chi connectivity index (χ0v) is 17.4. The van der Waals surface area contributed by atoms with Crippen molar-refractivity contribution >= 4 is 44.9 Å². The van der Waals surface area contributed by atoms with Gasteiger partial charge in [-0.25, -0.2) is 13.4 Å². The molecule has 0 aliphatic rings. The topological polar surface area (TPSA) is 124 Å². The molecule has 0 aliphatic carbocycles. The van der Waals surface area contributed by atoms with Crippen LogP contribution in [0.2, 0.25) is 5.02 Å². The molecule has 0 aliphatic heterocycles. The molecule has 0 saturated carbocycles. The van der Waals surface area contributed by atoms with Gasteiger partial charge in [-0.1, -0.05) is 25.4 Å². The summed E-state index contributed by atoms with van der Waals surface area (Å²) in [7, 11) is -3.63. The molecule has 0 atom stereocenters. The first-order valence-corrected chi connectivity index (χ1v) is 10.9. The fourth-order valence-electron chi connectivity index (χ4n) is 2.51. The minimum Gasteiger partial charge on any atom is -0.366 e. The number of fused-ring (bicyclic) bond motifs is 1. The molecule has 2 N–H and O–H groups in total. The molecule has 28 heavy (non-hydrogen) atoms. The maximum atomic E-state index is 12.8. The van der Waals surface area contributed by atoms with Gasteiger partial charge in [0.15, 0.2) is 5.65 Å². The molecule has 0 unspecified atom stereocenters. The molecular weight excluding hydrogens is 424 g/mol. The second-order valence-corrected chi connectivity index (χ2v) is 8.94. The van der Waals surface area contributed by atoms with Crippen molar-refractivity contribution in [1.82, 2.24) is 23.9 Å². The number of sulfonamides is 1. The number of carbonyl (C=O) groups is 1. The molecule has 3 aromatic rings. The van der Waals surface area contributed by atoms with Crippen molar-refractivity contribution in [1.29, 1.82) is 0 Å². The quantitative estimate of drug-likeness (QED) is 0.596. The summed E-state index contributed by atoms with van der Waals surface area (Å²) in [4.78, 5) is 15.5. The maximum absolute atomic E-state index is 12.8. The van der Waals surface area contributed by atoms with E-state index in [0.717, 1.165) is 11.8 Å². The van der Waals surface area contributed by atoms with Crippen molar-refractivity contribution in [2.45, 2.75) is 28.9 Å². The summed E-state index contributed by atoms with van der Waals surface area (Å²) < 4.78 is 28.5. The summed E-state index contributed by atoms with van der Waals surface area (Å²) in [6.45, 7) is 4.30. The lowest BCUT2D eigenvalue weighted by atomic mass is 10.3. The lowest BCUT2D eigenvalue weighted by Gasteiger charge is -2.18. The standard InChI is InChI=1S/C16H17ClN6O3S2/c1-3-22(4-2)28(25,26)11-5-6-13-20-21-16(23(13)9-11)27-15-12(17)7-10(8-19-15)14(18)24/h5-9H,3-4H2,1-2H3,(H2,18,24).